The molecular formula is C12H5ClFNOS. The summed E-state index contributed by atoms with van der Waals surface area (Å²) in [5, 5.41) is 0.145. The molecule has 0 unspecified atom stereocenters. The number of rotatable bonds is 0. The predicted octanol–water partition coefficient (Wildman–Crippen LogP) is 3.55. The van der Waals surface area contributed by atoms with Crippen LogP contribution in [-0.4, -0.2) is 4.98 Å². The highest BCUT2D eigenvalue weighted by atomic mass is 35.5. The van der Waals surface area contributed by atoms with Crippen LogP contribution in [0.2, 0.25) is 5.02 Å². The lowest BCUT2D eigenvalue weighted by molar-refractivity contribution is 0.630. The number of nitrogens with zero attached hydrogens (tertiary/aromatic N) is 1. The molecule has 2 nitrogen and oxygen atoms in total. The largest absolute Gasteiger partial charge is 0.288 e. The Morgan fingerprint density at radius 2 is 2.06 bits per heavy atom. The highest BCUT2D eigenvalue weighted by Gasteiger charge is 2.13. The van der Waals surface area contributed by atoms with E-state index in [4.69, 9.17) is 11.6 Å². The van der Waals surface area contributed by atoms with Gasteiger partial charge in [-0.05, 0) is 30.3 Å². The van der Waals surface area contributed by atoms with Crippen LogP contribution in [0, 0.1) is 5.82 Å². The van der Waals surface area contributed by atoms with Crippen molar-refractivity contribution >= 4 is 33.2 Å². The van der Waals surface area contributed by atoms with Crippen molar-refractivity contribution in [2.75, 3.05) is 0 Å². The van der Waals surface area contributed by atoms with E-state index in [9.17, 15) is 9.18 Å². The first kappa shape index (κ1) is 10.6. The van der Waals surface area contributed by atoms with Crippen LogP contribution in [-0.2, 0) is 0 Å². The Labute approximate surface area is 105 Å². The van der Waals surface area contributed by atoms with Gasteiger partial charge in [0.25, 0.3) is 0 Å². The van der Waals surface area contributed by atoms with Crippen molar-refractivity contribution in [3.8, 4) is 10.6 Å². The molecule has 0 radical (unpaired) electrons. The highest BCUT2D eigenvalue weighted by molar-refractivity contribution is 7.22. The fourth-order valence-electron chi connectivity index (χ4n) is 1.61. The number of fused-ring (bicyclic) bond motifs is 2. The molecule has 1 aliphatic heterocycles. The molecule has 17 heavy (non-hydrogen) atoms. The zero-order valence-corrected chi connectivity index (χ0v) is 9.98. The molecule has 0 atom stereocenters. The molecule has 1 heterocycles. The van der Waals surface area contributed by atoms with Crippen molar-refractivity contribution in [1.82, 2.24) is 4.98 Å². The van der Waals surface area contributed by atoms with Crippen molar-refractivity contribution in [3.63, 3.8) is 0 Å². The van der Waals surface area contributed by atoms with Crippen LogP contribution in [0.25, 0.3) is 20.8 Å². The van der Waals surface area contributed by atoms with Crippen molar-refractivity contribution in [1.29, 1.82) is 0 Å². The van der Waals surface area contributed by atoms with Gasteiger partial charge >= 0.3 is 0 Å². The molecule has 3 rings (SSSR count). The third-order valence-electron chi connectivity index (χ3n) is 2.42. The molecule has 0 saturated carbocycles. The van der Waals surface area contributed by atoms with Crippen LogP contribution in [0.4, 0.5) is 4.39 Å². The number of hydrogen-bond donors (Lipinski definition) is 0. The van der Waals surface area contributed by atoms with Crippen molar-refractivity contribution in [2.45, 2.75) is 0 Å². The molecule has 0 aromatic heterocycles. The predicted molar refractivity (Wildman–Crippen MR) is 67.5 cm³/mol. The summed E-state index contributed by atoms with van der Waals surface area (Å²) in [5.41, 5.74) is 1.10. The minimum Gasteiger partial charge on any atom is -0.288 e. The monoisotopic (exact) mass is 265 g/mol. The molecule has 0 amide bonds. The Morgan fingerprint density at radius 1 is 1.24 bits per heavy atom. The first-order valence-corrected chi connectivity index (χ1v) is 6.03. The van der Waals surface area contributed by atoms with Gasteiger partial charge in [0.2, 0.25) is 0 Å². The van der Waals surface area contributed by atoms with E-state index in [0.717, 1.165) is 0 Å². The van der Waals surface area contributed by atoms with E-state index in [0.29, 0.717) is 20.8 Å². The average molecular weight is 266 g/mol. The van der Waals surface area contributed by atoms with Gasteiger partial charge in [-0.25, -0.2) is 9.37 Å². The second-order valence-electron chi connectivity index (χ2n) is 3.55. The summed E-state index contributed by atoms with van der Waals surface area (Å²) in [7, 11) is 0. The van der Waals surface area contributed by atoms with E-state index in [-0.39, 0.29) is 16.3 Å². The van der Waals surface area contributed by atoms with E-state index in [1.807, 2.05) is 0 Å². The zero-order chi connectivity index (χ0) is 12.0. The van der Waals surface area contributed by atoms with Gasteiger partial charge in [0.1, 0.15) is 10.8 Å². The van der Waals surface area contributed by atoms with E-state index < -0.39 is 0 Å². The van der Waals surface area contributed by atoms with Gasteiger partial charge in [0.15, 0.2) is 5.43 Å². The van der Waals surface area contributed by atoms with Crippen LogP contribution in [0.3, 0.4) is 0 Å². The fourth-order valence-corrected chi connectivity index (χ4v) is 2.91. The number of hydrogen-bond acceptors (Lipinski definition) is 3. The number of aromatic nitrogens is 1. The molecule has 1 aromatic rings. The van der Waals surface area contributed by atoms with Crippen LogP contribution >= 0.6 is 22.9 Å². The molecule has 5 heteroatoms. The lowest BCUT2D eigenvalue weighted by Gasteiger charge is -2.06. The van der Waals surface area contributed by atoms with Gasteiger partial charge in [-0.15, -0.1) is 11.3 Å². The number of benzene rings is 2. The van der Waals surface area contributed by atoms with E-state index >= 15 is 0 Å². The van der Waals surface area contributed by atoms with Crippen molar-refractivity contribution in [3.05, 3.63) is 51.4 Å². The maximum absolute atomic E-state index is 13.1. The third kappa shape index (κ3) is 1.69. The Hall–Kier alpha value is -1.52. The van der Waals surface area contributed by atoms with E-state index in [1.165, 1.54) is 29.5 Å². The lowest BCUT2D eigenvalue weighted by atomic mass is 10.2. The molecule has 2 aliphatic rings. The zero-order valence-electron chi connectivity index (χ0n) is 8.41. The Balaban J connectivity index is 2.49. The quantitative estimate of drug-likeness (QED) is 0.582. The maximum atomic E-state index is 13.1. The molecule has 84 valence electrons. The first-order chi connectivity index (χ1) is 8.15. The summed E-state index contributed by atoms with van der Waals surface area (Å²) in [4.78, 5) is 16.3. The third-order valence-corrected chi connectivity index (χ3v) is 4.07. The van der Waals surface area contributed by atoms with Gasteiger partial charge in [-0.3, -0.25) is 4.79 Å². The normalized spacial score (nSPS) is 11.2. The molecule has 0 spiro atoms. The van der Waals surface area contributed by atoms with Gasteiger partial charge in [0.05, 0.1) is 20.8 Å². The maximum Gasteiger partial charge on any atom is 0.198 e. The second kappa shape index (κ2) is 3.75. The van der Waals surface area contributed by atoms with Crippen molar-refractivity contribution in [2.24, 2.45) is 0 Å². The van der Waals surface area contributed by atoms with Crippen LogP contribution < -0.4 is 5.43 Å². The van der Waals surface area contributed by atoms with Crippen LogP contribution in [0.15, 0.2) is 35.1 Å². The number of halogens is 2. The Bertz CT molecular complexity index is 755. The molecule has 1 aromatic carbocycles. The molecule has 0 bridgehead atoms. The van der Waals surface area contributed by atoms with Gasteiger partial charge in [-0.2, -0.15) is 0 Å². The molecule has 0 N–H and O–H groups in total. The highest BCUT2D eigenvalue weighted by Crippen LogP contribution is 2.34. The lowest BCUT2D eigenvalue weighted by Crippen LogP contribution is -2.01. The smallest absolute Gasteiger partial charge is 0.198 e. The standard InChI is InChI=1S/C12H5ClFNOS/c13-11-9(16)4-3-8-12(11)17-10-5-6(14)1-2-7(10)15-8/h1-5H. The summed E-state index contributed by atoms with van der Waals surface area (Å²) < 4.78 is 13.8. The summed E-state index contributed by atoms with van der Waals surface area (Å²) in [6, 6.07) is 7.37. The molecular weight excluding hydrogens is 261 g/mol. The van der Waals surface area contributed by atoms with Gasteiger partial charge < -0.3 is 0 Å². The fraction of sp³-hybridized carbons (Fsp3) is 0. The summed E-state index contributed by atoms with van der Waals surface area (Å²) >= 11 is 7.20. The average Bonchev–Trinajstić information content (AvgIpc) is 2.32. The minimum absolute atomic E-state index is 0.145. The Kier molecular flexibility index (Phi) is 2.34. The Morgan fingerprint density at radius 3 is 2.88 bits per heavy atom. The topological polar surface area (TPSA) is 30.0 Å². The summed E-state index contributed by atoms with van der Waals surface area (Å²) in [6.45, 7) is 0. The molecule has 1 aliphatic carbocycles. The summed E-state index contributed by atoms with van der Waals surface area (Å²) in [6.07, 6.45) is 0. The van der Waals surface area contributed by atoms with Gasteiger partial charge in [-0.1, -0.05) is 11.6 Å². The van der Waals surface area contributed by atoms with Crippen LogP contribution in [0.5, 0.6) is 0 Å². The van der Waals surface area contributed by atoms with Crippen LogP contribution in [0.1, 0.15) is 0 Å². The second-order valence-corrected chi connectivity index (χ2v) is 4.98. The van der Waals surface area contributed by atoms with E-state index in [1.54, 1.807) is 12.1 Å². The van der Waals surface area contributed by atoms with Gasteiger partial charge in [0, 0.05) is 0 Å². The SMILES string of the molecule is O=c1ccc2nc3ccc(F)cc3sc-2c1Cl. The van der Waals surface area contributed by atoms with Crippen molar-refractivity contribution < 1.29 is 4.39 Å². The first-order valence-electron chi connectivity index (χ1n) is 4.84. The molecule has 0 saturated heterocycles. The molecule has 0 fully saturated rings. The minimum atomic E-state index is -0.329. The summed E-state index contributed by atoms with van der Waals surface area (Å²) in [5.74, 6) is -0.329. The van der Waals surface area contributed by atoms with E-state index in [2.05, 4.69) is 4.98 Å².